The van der Waals surface area contributed by atoms with Crippen LogP contribution in [0.15, 0.2) is 51.8 Å². The van der Waals surface area contributed by atoms with E-state index in [9.17, 15) is 17.6 Å². The Balaban J connectivity index is 1.84. The van der Waals surface area contributed by atoms with Crippen molar-refractivity contribution in [3.05, 3.63) is 58.3 Å². The summed E-state index contributed by atoms with van der Waals surface area (Å²) in [4.78, 5) is 12.8. The van der Waals surface area contributed by atoms with Gasteiger partial charge in [-0.3, -0.25) is 4.79 Å². The van der Waals surface area contributed by atoms with Crippen molar-refractivity contribution < 1.29 is 17.6 Å². The topological polar surface area (TPSA) is 66.5 Å². The van der Waals surface area contributed by atoms with Crippen LogP contribution in [0.3, 0.4) is 0 Å². The van der Waals surface area contributed by atoms with Crippen LogP contribution in [0.4, 0.5) is 10.1 Å². The van der Waals surface area contributed by atoms with Crippen LogP contribution in [0.5, 0.6) is 0 Å². The van der Waals surface area contributed by atoms with Crippen molar-refractivity contribution in [2.24, 2.45) is 0 Å². The number of anilines is 1. The van der Waals surface area contributed by atoms with Crippen LogP contribution < -0.4 is 5.32 Å². The summed E-state index contributed by atoms with van der Waals surface area (Å²) in [6.45, 7) is 2.03. The number of amides is 1. The number of carbonyl (C=O) groups excluding carboxylic acids is 1. The predicted molar refractivity (Wildman–Crippen MR) is 101 cm³/mol. The van der Waals surface area contributed by atoms with Gasteiger partial charge in [0.1, 0.15) is 11.9 Å². The standard InChI is InChI=1S/C18H18BrFN2O3S/c1-12-4-7-14(20)11-16(12)21-18(23)17-3-2-10-22(17)26(24,25)15-8-5-13(19)6-9-15/h4-9,11,17H,2-3,10H2,1H3,(H,21,23)/t17-/m0/s1. The Morgan fingerprint density at radius 3 is 2.62 bits per heavy atom. The number of hydrogen-bond acceptors (Lipinski definition) is 3. The minimum Gasteiger partial charge on any atom is -0.324 e. The highest BCUT2D eigenvalue weighted by molar-refractivity contribution is 9.10. The number of sulfonamides is 1. The molecule has 3 rings (SSSR count). The van der Waals surface area contributed by atoms with Crippen molar-refractivity contribution in [2.75, 3.05) is 11.9 Å². The van der Waals surface area contributed by atoms with Crippen molar-refractivity contribution in [3.8, 4) is 0 Å². The van der Waals surface area contributed by atoms with Crippen molar-refractivity contribution in [3.63, 3.8) is 0 Å². The van der Waals surface area contributed by atoms with Crippen LogP contribution in [0.1, 0.15) is 18.4 Å². The SMILES string of the molecule is Cc1ccc(F)cc1NC(=O)[C@@H]1CCCN1S(=O)(=O)c1ccc(Br)cc1. The van der Waals surface area contributed by atoms with Crippen molar-refractivity contribution in [1.82, 2.24) is 4.31 Å². The first kappa shape index (κ1) is 19.0. The second kappa shape index (κ2) is 7.46. The molecule has 0 saturated carbocycles. The summed E-state index contributed by atoms with van der Waals surface area (Å²) in [6, 6.07) is 9.59. The summed E-state index contributed by atoms with van der Waals surface area (Å²) < 4.78 is 41.2. The molecule has 1 heterocycles. The van der Waals surface area contributed by atoms with Crippen molar-refractivity contribution in [2.45, 2.75) is 30.7 Å². The lowest BCUT2D eigenvalue weighted by Gasteiger charge is -2.23. The number of rotatable bonds is 4. The number of nitrogens with zero attached hydrogens (tertiary/aromatic N) is 1. The minimum atomic E-state index is -3.78. The molecule has 1 aliphatic heterocycles. The Labute approximate surface area is 160 Å². The van der Waals surface area contributed by atoms with E-state index in [0.717, 1.165) is 4.47 Å². The second-order valence-corrected chi connectivity index (χ2v) is 8.98. The molecule has 2 aromatic rings. The molecule has 1 atom stereocenters. The molecule has 0 spiro atoms. The Morgan fingerprint density at radius 1 is 1.23 bits per heavy atom. The normalized spacial score (nSPS) is 18.0. The summed E-state index contributed by atoms with van der Waals surface area (Å²) in [5, 5.41) is 2.66. The fraction of sp³-hybridized carbons (Fsp3) is 0.278. The zero-order valence-corrected chi connectivity index (χ0v) is 16.5. The highest BCUT2D eigenvalue weighted by atomic mass is 79.9. The van der Waals surface area contributed by atoms with Crippen LogP contribution in [-0.4, -0.2) is 31.2 Å². The van der Waals surface area contributed by atoms with Gasteiger partial charge in [-0.1, -0.05) is 22.0 Å². The van der Waals surface area contributed by atoms with Crippen LogP contribution in [0.25, 0.3) is 0 Å². The Hall–Kier alpha value is -1.77. The van der Waals surface area contributed by atoms with Gasteiger partial charge in [0.2, 0.25) is 15.9 Å². The summed E-state index contributed by atoms with van der Waals surface area (Å²) >= 11 is 3.28. The van der Waals surface area contributed by atoms with Crippen LogP contribution in [0, 0.1) is 12.7 Å². The zero-order valence-electron chi connectivity index (χ0n) is 14.1. The lowest BCUT2D eigenvalue weighted by Crippen LogP contribution is -2.43. The highest BCUT2D eigenvalue weighted by Crippen LogP contribution is 2.28. The number of aryl methyl sites for hydroxylation is 1. The van der Waals surface area contributed by atoms with Gasteiger partial charge in [-0.2, -0.15) is 4.31 Å². The summed E-state index contributed by atoms with van der Waals surface area (Å²) in [5.74, 6) is -0.909. The maximum absolute atomic E-state index is 13.4. The lowest BCUT2D eigenvalue weighted by molar-refractivity contribution is -0.119. The third-order valence-corrected chi connectivity index (χ3v) is 6.84. The molecular weight excluding hydrogens is 423 g/mol. The molecule has 138 valence electrons. The Bertz CT molecular complexity index is 932. The molecule has 1 N–H and O–H groups in total. The monoisotopic (exact) mass is 440 g/mol. The van der Waals surface area contributed by atoms with E-state index >= 15 is 0 Å². The predicted octanol–water partition coefficient (Wildman–Crippen LogP) is 3.69. The van der Waals surface area contributed by atoms with E-state index < -0.39 is 27.8 Å². The number of nitrogens with one attached hydrogen (secondary N) is 1. The fourth-order valence-corrected chi connectivity index (χ4v) is 4.90. The average Bonchev–Trinajstić information content (AvgIpc) is 3.09. The molecule has 1 fully saturated rings. The van der Waals surface area contributed by atoms with Crippen molar-refractivity contribution in [1.29, 1.82) is 0 Å². The number of benzene rings is 2. The first-order chi connectivity index (χ1) is 12.3. The van der Waals surface area contributed by atoms with Gasteiger partial charge in [0.15, 0.2) is 0 Å². The Morgan fingerprint density at radius 2 is 1.92 bits per heavy atom. The van der Waals surface area contributed by atoms with Gasteiger partial charge in [-0.15, -0.1) is 0 Å². The van der Waals surface area contributed by atoms with Gasteiger partial charge in [-0.25, -0.2) is 12.8 Å². The van der Waals surface area contributed by atoms with E-state index in [1.54, 1.807) is 25.1 Å². The smallest absolute Gasteiger partial charge is 0.243 e. The maximum atomic E-state index is 13.4. The number of halogens is 2. The van der Waals surface area contributed by atoms with Gasteiger partial charge in [0.05, 0.1) is 4.90 Å². The average molecular weight is 441 g/mol. The third-order valence-electron chi connectivity index (χ3n) is 4.38. The van der Waals surface area contributed by atoms with Gasteiger partial charge >= 0.3 is 0 Å². The molecular formula is C18H18BrFN2O3S. The summed E-state index contributed by atoms with van der Waals surface area (Å²) in [6.07, 6.45) is 1.02. The minimum absolute atomic E-state index is 0.141. The number of carbonyl (C=O) groups is 1. The lowest BCUT2D eigenvalue weighted by atomic mass is 10.1. The van der Waals surface area contributed by atoms with Gasteiger partial charge in [0.25, 0.3) is 0 Å². The Kier molecular flexibility index (Phi) is 5.45. The van der Waals surface area contributed by atoms with E-state index in [2.05, 4.69) is 21.2 Å². The second-order valence-electron chi connectivity index (χ2n) is 6.18. The molecule has 1 amide bonds. The first-order valence-electron chi connectivity index (χ1n) is 8.13. The van der Waals surface area contributed by atoms with E-state index in [0.29, 0.717) is 24.1 Å². The highest BCUT2D eigenvalue weighted by Gasteiger charge is 2.39. The molecule has 0 aromatic heterocycles. The summed E-state index contributed by atoms with van der Waals surface area (Å²) in [7, 11) is -3.78. The molecule has 5 nitrogen and oxygen atoms in total. The molecule has 0 bridgehead atoms. The molecule has 1 aliphatic rings. The molecule has 8 heteroatoms. The molecule has 0 radical (unpaired) electrons. The molecule has 0 aliphatic carbocycles. The van der Waals surface area contributed by atoms with Crippen LogP contribution >= 0.6 is 15.9 Å². The largest absolute Gasteiger partial charge is 0.324 e. The van der Waals surface area contributed by atoms with Gasteiger partial charge < -0.3 is 5.32 Å². The van der Waals surface area contributed by atoms with Gasteiger partial charge in [-0.05, 0) is 61.7 Å². The fourth-order valence-electron chi connectivity index (χ4n) is 2.98. The van der Waals surface area contributed by atoms with E-state index in [1.165, 1.54) is 28.6 Å². The third kappa shape index (κ3) is 3.82. The van der Waals surface area contributed by atoms with E-state index in [4.69, 9.17) is 0 Å². The van der Waals surface area contributed by atoms with Crippen molar-refractivity contribution >= 4 is 37.5 Å². The maximum Gasteiger partial charge on any atom is 0.243 e. The zero-order chi connectivity index (χ0) is 18.9. The van der Waals surface area contributed by atoms with Crippen LogP contribution in [0.2, 0.25) is 0 Å². The number of hydrogen-bond donors (Lipinski definition) is 1. The quantitative estimate of drug-likeness (QED) is 0.787. The first-order valence-corrected chi connectivity index (χ1v) is 10.4. The van der Waals surface area contributed by atoms with E-state index in [-0.39, 0.29) is 11.4 Å². The summed E-state index contributed by atoms with van der Waals surface area (Å²) in [5.41, 5.74) is 1.06. The van der Waals surface area contributed by atoms with Gasteiger partial charge in [0, 0.05) is 16.7 Å². The van der Waals surface area contributed by atoms with Crippen LogP contribution in [-0.2, 0) is 14.8 Å². The molecule has 1 saturated heterocycles. The molecule has 26 heavy (non-hydrogen) atoms. The van der Waals surface area contributed by atoms with E-state index in [1.807, 2.05) is 0 Å². The molecule has 2 aromatic carbocycles. The molecule has 0 unspecified atom stereocenters.